The number of Topliss-reactive ketones (excluding diaryl/α,β-unsaturated/α-hetero) is 1. The minimum atomic E-state index is -0.625. The van der Waals surface area contributed by atoms with Crippen LogP contribution in [0.25, 0.3) is 5.70 Å². The Kier molecular flexibility index (Phi) is 2.75. The molecule has 0 bridgehead atoms. The Morgan fingerprint density at radius 1 is 1.36 bits per heavy atom. The van der Waals surface area contributed by atoms with Gasteiger partial charge in [0, 0.05) is 13.5 Å². The lowest BCUT2D eigenvalue weighted by Gasteiger charge is -2.27. The average Bonchev–Trinajstić information content (AvgIpc) is 2.96. The molecule has 2 unspecified atom stereocenters. The number of hydrogen-bond donors (Lipinski definition) is 1. The van der Waals surface area contributed by atoms with E-state index in [1.54, 1.807) is 17.8 Å². The molecule has 7 nitrogen and oxygen atoms in total. The van der Waals surface area contributed by atoms with E-state index in [1.165, 1.54) is 0 Å². The van der Waals surface area contributed by atoms with Gasteiger partial charge in [-0.2, -0.15) is 5.10 Å². The maximum atomic E-state index is 12.7. The summed E-state index contributed by atoms with van der Waals surface area (Å²) in [6.45, 7) is 0. The third kappa shape index (κ3) is 1.70. The highest BCUT2D eigenvalue weighted by atomic mass is 79.9. The van der Waals surface area contributed by atoms with E-state index in [0.29, 0.717) is 22.4 Å². The van der Waals surface area contributed by atoms with Crippen LogP contribution in [0.3, 0.4) is 0 Å². The van der Waals surface area contributed by atoms with Crippen molar-refractivity contribution in [1.29, 1.82) is 0 Å². The van der Waals surface area contributed by atoms with Gasteiger partial charge in [0.05, 0.1) is 23.1 Å². The predicted molar refractivity (Wildman–Crippen MR) is 80.3 cm³/mol. The number of hydrogen-bond acceptors (Lipinski definition) is 5. The summed E-state index contributed by atoms with van der Waals surface area (Å²) in [7, 11) is 1.75. The van der Waals surface area contributed by atoms with Crippen LogP contribution in [0.5, 0.6) is 0 Å². The number of halogens is 1. The fourth-order valence-electron chi connectivity index (χ4n) is 3.27. The van der Waals surface area contributed by atoms with Gasteiger partial charge in [0.15, 0.2) is 5.78 Å². The number of carbonyl (C=O) groups excluding carboxylic acids is 3. The lowest BCUT2D eigenvalue weighted by Crippen LogP contribution is -2.45. The lowest BCUT2D eigenvalue weighted by atomic mass is 9.78. The van der Waals surface area contributed by atoms with Crippen LogP contribution < -0.4 is 5.32 Å². The Balaban J connectivity index is 1.80. The molecule has 3 aliphatic rings. The van der Waals surface area contributed by atoms with Gasteiger partial charge in [-0.1, -0.05) is 0 Å². The van der Waals surface area contributed by atoms with Crippen LogP contribution in [0.4, 0.5) is 0 Å². The summed E-state index contributed by atoms with van der Waals surface area (Å²) in [6.07, 6.45) is 2.34. The van der Waals surface area contributed by atoms with E-state index in [4.69, 9.17) is 0 Å². The second-order valence-electron chi connectivity index (χ2n) is 5.60. The smallest absolute Gasteiger partial charge is 0.230 e. The Bertz CT molecular complexity index is 820. The SMILES string of the molecule is Cn1nc2c3c1C(Br)=NC3=CC(C1CCC(=O)NC1=O)C2=O. The van der Waals surface area contributed by atoms with Gasteiger partial charge < -0.3 is 0 Å². The molecule has 2 amide bonds. The molecule has 1 saturated heterocycles. The van der Waals surface area contributed by atoms with Gasteiger partial charge in [-0.3, -0.25) is 24.4 Å². The zero-order valence-electron chi connectivity index (χ0n) is 11.6. The fraction of sp³-hybridized carbons (Fsp3) is 0.357. The number of amides is 2. The lowest BCUT2D eigenvalue weighted by molar-refractivity contribution is -0.137. The van der Waals surface area contributed by atoms with E-state index >= 15 is 0 Å². The molecule has 0 radical (unpaired) electrons. The van der Waals surface area contributed by atoms with Crippen molar-refractivity contribution in [3.05, 3.63) is 23.0 Å². The molecule has 112 valence electrons. The van der Waals surface area contributed by atoms with Gasteiger partial charge in [0.2, 0.25) is 11.8 Å². The molecule has 4 rings (SSSR count). The van der Waals surface area contributed by atoms with Crippen LogP contribution in [0.2, 0.25) is 0 Å². The minimum absolute atomic E-state index is 0.188. The van der Waals surface area contributed by atoms with E-state index < -0.39 is 17.7 Å². The third-order valence-electron chi connectivity index (χ3n) is 4.31. The zero-order chi connectivity index (χ0) is 15.6. The number of aryl methyl sites for hydroxylation is 1. The summed E-state index contributed by atoms with van der Waals surface area (Å²) in [5.74, 6) is -2.05. The third-order valence-corrected chi connectivity index (χ3v) is 4.86. The summed E-state index contributed by atoms with van der Waals surface area (Å²) in [5, 5.41) is 6.59. The average molecular weight is 363 g/mol. The number of ketones is 1. The molecule has 0 spiro atoms. The topological polar surface area (TPSA) is 93.4 Å². The molecular formula is C14H11BrN4O3. The monoisotopic (exact) mass is 362 g/mol. The number of piperidine rings is 1. The van der Waals surface area contributed by atoms with Crippen LogP contribution in [0.15, 0.2) is 11.1 Å². The van der Waals surface area contributed by atoms with Gasteiger partial charge in [0.1, 0.15) is 16.0 Å². The Morgan fingerprint density at radius 2 is 2.14 bits per heavy atom. The summed E-state index contributed by atoms with van der Waals surface area (Å²) in [6, 6.07) is 0. The number of allylic oxidation sites excluding steroid dienone is 1. The van der Waals surface area contributed by atoms with Crippen LogP contribution in [-0.4, -0.2) is 32.0 Å². The van der Waals surface area contributed by atoms with Crippen LogP contribution in [0.1, 0.15) is 34.6 Å². The van der Waals surface area contributed by atoms with Crippen molar-refractivity contribution in [3.8, 4) is 0 Å². The Hall–Kier alpha value is -2.09. The fourth-order valence-corrected chi connectivity index (χ4v) is 3.91. The molecule has 8 heteroatoms. The number of rotatable bonds is 1. The molecule has 2 aliphatic heterocycles. The van der Waals surface area contributed by atoms with Gasteiger partial charge >= 0.3 is 0 Å². The maximum absolute atomic E-state index is 12.7. The van der Waals surface area contributed by atoms with Crippen LogP contribution >= 0.6 is 15.9 Å². The highest BCUT2D eigenvalue weighted by Gasteiger charge is 2.43. The molecule has 1 fully saturated rings. The number of aliphatic imine (C=N–C) groups is 1. The van der Waals surface area contributed by atoms with Crippen LogP contribution in [-0.2, 0) is 16.6 Å². The van der Waals surface area contributed by atoms with Crippen molar-refractivity contribution in [3.63, 3.8) is 0 Å². The molecule has 1 N–H and O–H groups in total. The van der Waals surface area contributed by atoms with E-state index in [0.717, 1.165) is 11.3 Å². The maximum Gasteiger partial charge on any atom is 0.230 e. The minimum Gasteiger partial charge on any atom is -0.296 e. The number of imide groups is 1. The van der Waals surface area contributed by atoms with E-state index in [1.807, 2.05) is 0 Å². The van der Waals surface area contributed by atoms with Gasteiger partial charge in [-0.15, -0.1) is 0 Å². The first-order valence-corrected chi connectivity index (χ1v) is 7.68. The second-order valence-corrected chi connectivity index (χ2v) is 6.35. The molecule has 22 heavy (non-hydrogen) atoms. The predicted octanol–water partition coefficient (Wildman–Crippen LogP) is 0.781. The summed E-state index contributed by atoms with van der Waals surface area (Å²) < 4.78 is 2.25. The van der Waals surface area contributed by atoms with Crippen molar-refractivity contribution in [2.45, 2.75) is 12.8 Å². The highest BCUT2D eigenvalue weighted by molar-refractivity contribution is 9.18. The standard InChI is InChI=1S/C14H11BrN4O3/c1-19-11-9-7(16-13(11)15)4-6(12(21)10(9)18-19)5-2-3-8(20)17-14(5)22/h4-6H,2-3H2,1H3,(H,17,20,22). The molecule has 1 aromatic heterocycles. The summed E-state index contributed by atoms with van der Waals surface area (Å²) >= 11 is 3.38. The molecule has 0 saturated carbocycles. The number of aromatic nitrogens is 2. The van der Waals surface area contributed by atoms with Crippen molar-refractivity contribution in [2.24, 2.45) is 23.9 Å². The van der Waals surface area contributed by atoms with Crippen molar-refractivity contribution >= 4 is 43.8 Å². The second kappa shape index (κ2) is 4.45. The molecule has 2 atom stereocenters. The number of nitrogens with zero attached hydrogens (tertiary/aromatic N) is 3. The molecular weight excluding hydrogens is 352 g/mol. The normalized spacial score (nSPS) is 26.5. The van der Waals surface area contributed by atoms with E-state index in [-0.39, 0.29) is 18.1 Å². The van der Waals surface area contributed by atoms with E-state index in [2.05, 4.69) is 31.3 Å². The molecule has 3 heterocycles. The van der Waals surface area contributed by atoms with Gasteiger partial charge in [-0.25, -0.2) is 4.99 Å². The first kappa shape index (κ1) is 13.6. The number of nitrogens with one attached hydrogen (secondary N) is 1. The largest absolute Gasteiger partial charge is 0.296 e. The number of carbonyl (C=O) groups is 3. The quantitative estimate of drug-likeness (QED) is 0.747. The molecule has 1 aliphatic carbocycles. The van der Waals surface area contributed by atoms with Gasteiger partial charge in [-0.05, 0) is 28.4 Å². The first-order chi connectivity index (χ1) is 10.5. The molecule has 1 aromatic rings. The summed E-state index contributed by atoms with van der Waals surface area (Å²) in [4.78, 5) is 40.5. The summed E-state index contributed by atoms with van der Waals surface area (Å²) in [5.41, 5.74) is 2.52. The Labute approximate surface area is 133 Å². The van der Waals surface area contributed by atoms with Gasteiger partial charge in [0.25, 0.3) is 0 Å². The van der Waals surface area contributed by atoms with E-state index in [9.17, 15) is 14.4 Å². The van der Waals surface area contributed by atoms with Crippen molar-refractivity contribution in [1.82, 2.24) is 15.1 Å². The van der Waals surface area contributed by atoms with Crippen LogP contribution in [0, 0.1) is 11.8 Å². The Morgan fingerprint density at radius 3 is 2.86 bits per heavy atom. The highest BCUT2D eigenvalue weighted by Crippen LogP contribution is 2.41. The first-order valence-electron chi connectivity index (χ1n) is 6.89. The molecule has 0 aromatic carbocycles. The van der Waals surface area contributed by atoms with Crippen molar-refractivity contribution < 1.29 is 14.4 Å². The van der Waals surface area contributed by atoms with Crippen molar-refractivity contribution in [2.75, 3.05) is 0 Å². The zero-order valence-corrected chi connectivity index (χ0v) is 13.2.